The minimum Gasteiger partial charge on any atom is -0.410 e. The number of carbonyl (C=O) groups is 1. The Labute approximate surface area is 84.8 Å². The number of hydrogen-bond donors (Lipinski definition) is 1. The number of Topliss-reactive ketones (excluding diaryl/α,β-unsaturated/α-hetero) is 1. The molecule has 0 unspecified atom stereocenters. The molecule has 0 aromatic carbocycles. The molecule has 0 aromatic heterocycles. The van der Waals surface area contributed by atoms with Crippen LogP contribution in [0.5, 0.6) is 0 Å². The van der Waals surface area contributed by atoms with E-state index in [-0.39, 0.29) is 5.78 Å². The number of rotatable bonds is 3. The highest BCUT2D eigenvalue weighted by molar-refractivity contribution is 6.39. The van der Waals surface area contributed by atoms with Crippen molar-refractivity contribution in [2.45, 2.75) is 26.2 Å². The van der Waals surface area contributed by atoms with Crippen molar-refractivity contribution in [3.8, 4) is 0 Å². The van der Waals surface area contributed by atoms with Gasteiger partial charge >= 0.3 is 0 Å². The molecule has 1 aliphatic heterocycles. The highest BCUT2D eigenvalue weighted by Gasteiger charge is 2.28. The van der Waals surface area contributed by atoms with Crippen LogP contribution in [0.2, 0.25) is 0 Å². The molecule has 0 bridgehead atoms. The quantitative estimate of drug-likeness (QED) is 0.319. The number of piperidine rings is 1. The maximum absolute atomic E-state index is 11.1. The molecule has 0 radical (unpaired) electrons. The van der Waals surface area contributed by atoms with Crippen LogP contribution >= 0.6 is 0 Å². The van der Waals surface area contributed by atoms with Crippen LogP contribution in [0.25, 0.3) is 0 Å². The van der Waals surface area contributed by atoms with Gasteiger partial charge in [0.25, 0.3) is 0 Å². The molecule has 0 amide bonds. The molecular formula is C10H19N2O2+. The average Bonchev–Trinajstić information content (AvgIpc) is 2.15. The lowest BCUT2D eigenvalue weighted by atomic mass is 10.1. The van der Waals surface area contributed by atoms with E-state index >= 15 is 0 Å². The summed E-state index contributed by atoms with van der Waals surface area (Å²) in [6, 6.07) is 0. The molecule has 80 valence electrons. The maximum Gasteiger partial charge on any atom is 0.183 e. The summed E-state index contributed by atoms with van der Waals surface area (Å²) in [7, 11) is 2.12. The van der Waals surface area contributed by atoms with Crippen LogP contribution in [0.4, 0.5) is 0 Å². The number of ketones is 1. The number of hydrogen-bond acceptors (Lipinski definition) is 3. The summed E-state index contributed by atoms with van der Waals surface area (Å²) in [5, 5.41) is 11.8. The molecule has 0 saturated carbocycles. The van der Waals surface area contributed by atoms with Crippen LogP contribution in [0.3, 0.4) is 0 Å². The number of carbonyl (C=O) groups excluding carboxylic acids is 1. The molecule has 4 nitrogen and oxygen atoms in total. The molecule has 1 saturated heterocycles. The van der Waals surface area contributed by atoms with Crippen LogP contribution < -0.4 is 0 Å². The number of oxime groups is 1. The van der Waals surface area contributed by atoms with E-state index in [1.807, 2.05) is 0 Å². The van der Waals surface area contributed by atoms with Gasteiger partial charge in [-0.05, 0) is 19.3 Å². The molecule has 0 aliphatic carbocycles. The molecule has 1 aliphatic rings. The van der Waals surface area contributed by atoms with E-state index in [1.165, 1.54) is 26.2 Å². The van der Waals surface area contributed by atoms with Crippen LogP contribution in [0, 0.1) is 0 Å². The molecule has 1 rings (SSSR count). The molecule has 0 spiro atoms. The summed E-state index contributed by atoms with van der Waals surface area (Å²) in [5.41, 5.74) is 0.300. The fourth-order valence-corrected chi connectivity index (χ4v) is 2.01. The van der Waals surface area contributed by atoms with Crippen molar-refractivity contribution in [3.63, 3.8) is 0 Å². The number of nitrogens with zero attached hydrogens (tertiary/aromatic N) is 2. The summed E-state index contributed by atoms with van der Waals surface area (Å²) in [6.45, 7) is 4.16. The Hall–Kier alpha value is -0.900. The van der Waals surface area contributed by atoms with Gasteiger partial charge in [-0.15, -0.1) is 0 Å². The summed E-state index contributed by atoms with van der Waals surface area (Å²) < 4.78 is 0.832. The van der Waals surface area contributed by atoms with Crippen molar-refractivity contribution in [2.24, 2.45) is 5.16 Å². The van der Waals surface area contributed by atoms with Gasteiger partial charge in [-0.2, -0.15) is 0 Å². The SMILES string of the molecule is CC(=O)/C(C[N+]1(C)CCCCC1)=N\O. The molecule has 14 heavy (non-hydrogen) atoms. The van der Waals surface area contributed by atoms with Crippen LogP contribution in [0.15, 0.2) is 5.16 Å². The van der Waals surface area contributed by atoms with Gasteiger partial charge in [-0.25, -0.2) is 0 Å². The number of quaternary nitrogens is 1. The van der Waals surface area contributed by atoms with E-state index in [0.717, 1.165) is 17.6 Å². The third-order valence-electron chi connectivity index (χ3n) is 2.95. The molecular weight excluding hydrogens is 180 g/mol. The first-order valence-electron chi connectivity index (χ1n) is 5.13. The fraction of sp³-hybridized carbons (Fsp3) is 0.800. The second-order valence-corrected chi connectivity index (χ2v) is 4.39. The van der Waals surface area contributed by atoms with Crippen molar-refractivity contribution in [1.29, 1.82) is 0 Å². The third kappa shape index (κ3) is 2.80. The molecule has 4 heteroatoms. The zero-order chi connectivity index (χ0) is 10.6. The van der Waals surface area contributed by atoms with Gasteiger partial charge in [0, 0.05) is 6.92 Å². The highest BCUT2D eigenvalue weighted by Crippen LogP contribution is 2.16. The molecule has 0 atom stereocenters. The van der Waals surface area contributed by atoms with E-state index in [4.69, 9.17) is 5.21 Å². The lowest BCUT2D eigenvalue weighted by Crippen LogP contribution is -2.51. The van der Waals surface area contributed by atoms with Gasteiger partial charge in [0.1, 0.15) is 6.54 Å². The smallest absolute Gasteiger partial charge is 0.183 e. The van der Waals surface area contributed by atoms with E-state index in [9.17, 15) is 4.79 Å². The van der Waals surface area contributed by atoms with Gasteiger partial charge in [0.05, 0.1) is 20.1 Å². The summed E-state index contributed by atoms with van der Waals surface area (Å²) in [6.07, 6.45) is 3.68. The van der Waals surface area contributed by atoms with Crippen molar-refractivity contribution < 1.29 is 14.5 Å². The fourth-order valence-electron chi connectivity index (χ4n) is 2.01. The lowest BCUT2D eigenvalue weighted by Gasteiger charge is -2.37. The Morgan fingerprint density at radius 1 is 1.36 bits per heavy atom. The van der Waals surface area contributed by atoms with Crippen LogP contribution in [-0.2, 0) is 4.79 Å². The third-order valence-corrected chi connectivity index (χ3v) is 2.95. The first kappa shape index (κ1) is 11.2. The Balaban J connectivity index is 2.60. The predicted octanol–water partition coefficient (Wildman–Crippen LogP) is 1.04. The standard InChI is InChI=1S/C10H18N2O2/c1-9(13)10(11-14)8-12(2)6-4-3-5-7-12/h3-8H2,1-2H3/p+1. The van der Waals surface area contributed by atoms with Crippen LogP contribution in [-0.4, -0.2) is 47.9 Å². The Bertz CT molecular complexity index is 243. The molecule has 1 heterocycles. The predicted molar refractivity (Wildman–Crippen MR) is 54.5 cm³/mol. The summed E-state index contributed by atoms with van der Waals surface area (Å²) in [5.74, 6) is -0.127. The van der Waals surface area contributed by atoms with Gasteiger partial charge in [0.15, 0.2) is 11.5 Å². The second-order valence-electron chi connectivity index (χ2n) is 4.39. The van der Waals surface area contributed by atoms with E-state index in [2.05, 4.69) is 12.2 Å². The molecule has 1 fully saturated rings. The zero-order valence-electron chi connectivity index (χ0n) is 8.99. The maximum atomic E-state index is 11.1. The van der Waals surface area contributed by atoms with E-state index in [0.29, 0.717) is 12.3 Å². The van der Waals surface area contributed by atoms with Crippen molar-refractivity contribution >= 4 is 11.5 Å². The molecule has 0 aromatic rings. The lowest BCUT2D eigenvalue weighted by molar-refractivity contribution is -0.905. The van der Waals surface area contributed by atoms with Gasteiger partial charge in [-0.1, -0.05) is 5.16 Å². The minimum atomic E-state index is -0.127. The first-order chi connectivity index (χ1) is 6.57. The molecule has 1 N–H and O–H groups in total. The van der Waals surface area contributed by atoms with E-state index < -0.39 is 0 Å². The van der Waals surface area contributed by atoms with Gasteiger partial charge < -0.3 is 9.69 Å². The highest BCUT2D eigenvalue weighted by atomic mass is 16.4. The van der Waals surface area contributed by atoms with Gasteiger partial charge in [-0.3, -0.25) is 4.79 Å². The van der Waals surface area contributed by atoms with Crippen LogP contribution in [0.1, 0.15) is 26.2 Å². The second kappa shape index (κ2) is 4.55. The normalized spacial score (nSPS) is 22.0. The van der Waals surface area contributed by atoms with Crippen molar-refractivity contribution in [1.82, 2.24) is 0 Å². The van der Waals surface area contributed by atoms with E-state index in [1.54, 1.807) is 0 Å². The monoisotopic (exact) mass is 199 g/mol. The summed E-state index contributed by atoms with van der Waals surface area (Å²) >= 11 is 0. The Morgan fingerprint density at radius 3 is 2.36 bits per heavy atom. The summed E-state index contributed by atoms with van der Waals surface area (Å²) in [4.78, 5) is 11.1. The van der Waals surface area contributed by atoms with Gasteiger partial charge in [0.2, 0.25) is 0 Å². The van der Waals surface area contributed by atoms with Crippen molar-refractivity contribution in [3.05, 3.63) is 0 Å². The first-order valence-corrected chi connectivity index (χ1v) is 5.13. The number of likely N-dealkylation sites (tertiary alicyclic amines) is 1. The average molecular weight is 199 g/mol. The zero-order valence-corrected chi connectivity index (χ0v) is 8.99. The van der Waals surface area contributed by atoms with Crippen molar-refractivity contribution in [2.75, 3.05) is 26.7 Å². The minimum absolute atomic E-state index is 0.127. The topological polar surface area (TPSA) is 49.7 Å². The largest absolute Gasteiger partial charge is 0.410 e. The Kier molecular flexibility index (Phi) is 3.63. The Morgan fingerprint density at radius 2 is 1.93 bits per heavy atom.